The third-order valence-corrected chi connectivity index (χ3v) is 5.09. The highest BCUT2D eigenvalue weighted by Crippen LogP contribution is 2.38. The summed E-state index contributed by atoms with van der Waals surface area (Å²) in [6.07, 6.45) is 4.22. The zero-order valence-electron chi connectivity index (χ0n) is 10.2. The van der Waals surface area contributed by atoms with Crippen molar-refractivity contribution >= 4 is 32.4 Å². The summed E-state index contributed by atoms with van der Waals surface area (Å²) in [5, 5.41) is 1.40. The molecule has 3 aromatic rings. The fraction of sp³-hybridized carbons (Fsp3) is 0.267. The fourth-order valence-corrected chi connectivity index (χ4v) is 4.29. The van der Waals surface area contributed by atoms with Crippen LogP contribution in [0, 0.1) is 5.82 Å². The largest absolute Gasteiger partial charge is 0.422 e. The van der Waals surface area contributed by atoms with Gasteiger partial charge in [-0.2, -0.15) is 0 Å². The van der Waals surface area contributed by atoms with E-state index in [1.165, 1.54) is 23.1 Å². The summed E-state index contributed by atoms with van der Waals surface area (Å²) in [6, 6.07) is 4.32. The average Bonchev–Trinajstić information content (AvgIpc) is 2.80. The van der Waals surface area contributed by atoms with Gasteiger partial charge in [-0.3, -0.25) is 0 Å². The van der Waals surface area contributed by atoms with E-state index in [-0.39, 0.29) is 11.4 Å². The van der Waals surface area contributed by atoms with Crippen LogP contribution in [0.25, 0.3) is 21.1 Å². The van der Waals surface area contributed by atoms with Crippen LogP contribution >= 0.6 is 11.3 Å². The van der Waals surface area contributed by atoms with E-state index in [1.807, 2.05) is 0 Å². The smallest absolute Gasteiger partial charge is 0.345 e. The Bertz CT molecular complexity index is 860. The van der Waals surface area contributed by atoms with Crippen LogP contribution in [-0.4, -0.2) is 0 Å². The van der Waals surface area contributed by atoms with Crippen molar-refractivity contribution in [2.45, 2.75) is 25.7 Å². The summed E-state index contributed by atoms with van der Waals surface area (Å²) in [5.41, 5.74) is 1.32. The number of benzene rings is 1. The van der Waals surface area contributed by atoms with Crippen LogP contribution in [0.4, 0.5) is 4.39 Å². The van der Waals surface area contributed by atoms with Crippen LogP contribution in [0.2, 0.25) is 0 Å². The minimum absolute atomic E-state index is 0.284. The standard InChI is InChI=1S/C15H11FO2S/c16-8-5-6-11-10(7-8)14-13(15(17)18-11)9-3-1-2-4-12(9)19-14/h5-7H,1-4H2. The van der Waals surface area contributed by atoms with Gasteiger partial charge in [0.25, 0.3) is 0 Å². The molecule has 4 heteroatoms. The van der Waals surface area contributed by atoms with E-state index in [1.54, 1.807) is 11.3 Å². The molecule has 0 aliphatic heterocycles. The predicted molar refractivity (Wildman–Crippen MR) is 74.5 cm³/mol. The van der Waals surface area contributed by atoms with Gasteiger partial charge in [0.15, 0.2) is 0 Å². The Hall–Kier alpha value is -1.68. The lowest BCUT2D eigenvalue weighted by Crippen LogP contribution is -2.04. The highest BCUT2D eigenvalue weighted by atomic mass is 32.1. The summed E-state index contributed by atoms with van der Waals surface area (Å²) < 4.78 is 19.7. The molecule has 96 valence electrons. The molecule has 0 saturated heterocycles. The molecule has 4 rings (SSSR count). The number of rotatable bonds is 0. The van der Waals surface area contributed by atoms with Crippen LogP contribution in [0.3, 0.4) is 0 Å². The first kappa shape index (κ1) is 11.2. The topological polar surface area (TPSA) is 30.2 Å². The van der Waals surface area contributed by atoms with Crippen molar-refractivity contribution < 1.29 is 8.81 Å². The molecule has 0 unspecified atom stereocenters. The molecule has 0 saturated carbocycles. The minimum atomic E-state index is -0.297. The maximum Gasteiger partial charge on any atom is 0.345 e. The van der Waals surface area contributed by atoms with E-state index in [0.29, 0.717) is 16.4 Å². The maximum atomic E-state index is 13.4. The molecule has 0 atom stereocenters. The Morgan fingerprint density at radius 3 is 2.95 bits per heavy atom. The van der Waals surface area contributed by atoms with Crippen LogP contribution in [0.15, 0.2) is 27.4 Å². The monoisotopic (exact) mass is 274 g/mol. The van der Waals surface area contributed by atoms with E-state index in [2.05, 4.69) is 0 Å². The van der Waals surface area contributed by atoms with E-state index in [4.69, 9.17) is 4.42 Å². The number of hydrogen-bond acceptors (Lipinski definition) is 3. The van der Waals surface area contributed by atoms with Crippen molar-refractivity contribution in [1.82, 2.24) is 0 Å². The highest BCUT2D eigenvalue weighted by Gasteiger charge is 2.21. The van der Waals surface area contributed by atoms with Crippen molar-refractivity contribution in [3.63, 3.8) is 0 Å². The quantitative estimate of drug-likeness (QED) is 0.579. The molecule has 19 heavy (non-hydrogen) atoms. The Morgan fingerprint density at radius 2 is 2.05 bits per heavy atom. The van der Waals surface area contributed by atoms with Gasteiger partial charge in [0.1, 0.15) is 11.4 Å². The zero-order chi connectivity index (χ0) is 13.0. The van der Waals surface area contributed by atoms with Gasteiger partial charge in [-0.15, -0.1) is 11.3 Å². The summed E-state index contributed by atoms with van der Waals surface area (Å²) >= 11 is 1.63. The molecule has 2 heterocycles. The van der Waals surface area contributed by atoms with Crippen LogP contribution < -0.4 is 5.63 Å². The molecule has 2 nitrogen and oxygen atoms in total. The molecule has 0 spiro atoms. The molecule has 0 amide bonds. The highest BCUT2D eigenvalue weighted by molar-refractivity contribution is 7.20. The van der Waals surface area contributed by atoms with Crippen LogP contribution in [0.1, 0.15) is 23.3 Å². The number of fused-ring (bicyclic) bond motifs is 5. The summed E-state index contributed by atoms with van der Waals surface area (Å²) in [4.78, 5) is 13.4. The Balaban J connectivity index is 2.23. The lowest BCUT2D eigenvalue weighted by atomic mass is 9.96. The normalized spacial score (nSPS) is 15.0. The van der Waals surface area contributed by atoms with Gasteiger partial charge >= 0.3 is 5.63 Å². The molecule has 0 radical (unpaired) electrons. The minimum Gasteiger partial charge on any atom is -0.422 e. The second kappa shape index (κ2) is 3.90. The van der Waals surface area contributed by atoms with Gasteiger partial charge in [0.05, 0.1) is 10.1 Å². The Labute approximate surface area is 112 Å². The number of thiophene rings is 1. The first-order valence-corrected chi connectivity index (χ1v) is 7.22. The third-order valence-electron chi connectivity index (χ3n) is 3.76. The molecule has 1 aromatic carbocycles. The maximum absolute atomic E-state index is 13.4. The molecular weight excluding hydrogens is 263 g/mol. The third kappa shape index (κ3) is 1.56. The Kier molecular flexibility index (Phi) is 2.30. The van der Waals surface area contributed by atoms with Gasteiger partial charge in [-0.1, -0.05) is 0 Å². The summed E-state index contributed by atoms with van der Waals surface area (Å²) in [7, 11) is 0. The van der Waals surface area contributed by atoms with Crippen molar-refractivity contribution in [3.8, 4) is 0 Å². The van der Waals surface area contributed by atoms with E-state index in [9.17, 15) is 9.18 Å². The van der Waals surface area contributed by atoms with Gasteiger partial charge in [0.2, 0.25) is 0 Å². The van der Waals surface area contributed by atoms with Gasteiger partial charge in [0, 0.05) is 10.3 Å². The van der Waals surface area contributed by atoms with E-state index < -0.39 is 0 Å². The first-order valence-electron chi connectivity index (χ1n) is 6.40. The fourth-order valence-electron chi connectivity index (χ4n) is 2.89. The van der Waals surface area contributed by atoms with E-state index in [0.717, 1.165) is 35.9 Å². The lowest BCUT2D eigenvalue weighted by Gasteiger charge is -2.09. The first-order chi connectivity index (χ1) is 9.24. The van der Waals surface area contributed by atoms with Crippen molar-refractivity contribution in [3.05, 3.63) is 44.9 Å². The molecule has 1 aliphatic rings. The molecule has 0 fully saturated rings. The number of aryl methyl sites for hydroxylation is 2. The predicted octanol–water partition coefficient (Wildman–Crippen LogP) is 4.03. The number of hydrogen-bond donors (Lipinski definition) is 0. The molecular formula is C15H11FO2S. The van der Waals surface area contributed by atoms with E-state index >= 15 is 0 Å². The van der Waals surface area contributed by atoms with Crippen LogP contribution in [-0.2, 0) is 12.8 Å². The van der Waals surface area contributed by atoms with Gasteiger partial charge < -0.3 is 4.42 Å². The molecule has 2 aromatic heterocycles. The second-order valence-corrected chi connectivity index (χ2v) is 6.05. The summed E-state index contributed by atoms with van der Waals surface area (Å²) in [6.45, 7) is 0. The van der Waals surface area contributed by atoms with Crippen molar-refractivity contribution in [2.75, 3.05) is 0 Å². The van der Waals surface area contributed by atoms with Crippen molar-refractivity contribution in [2.24, 2.45) is 0 Å². The molecule has 1 aliphatic carbocycles. The Morgan fingerprint density at radius 1 is 1.21 bits per heavy atom. The summed E-state index contributed by atoms with van der Waals surface area (Å²) in [5.74, 6) is -0.297. The van der Waals surface area contributed by atoms with Crippen LogP contribution in [0.5, 0.6) is 0 Å². The van der Waals surface area contributed by atoms with Gasteiger partial charge in [-0.25, -0.2) is 9.18 Å². The zero-order valence-corrected chi connectivity index (χ0v) is 11.0. The average molecular weight is 274 g/mol. The lowest BCUT2D eigenvalue weighted by molar-refractivity contribution is 0.566. The SMILES string of the molecule is O=c1oc2ccc(F)cc2c2sc3c(c12)CCCC3. The molecule has 0 bridgehead atoms. The number of halogens is 1. The molecule has 0 N–H and O–H groups in total. The van der Waals surface area contributed by atoms with Crippen molar-refractivity contribution in [1.29, 1.82) is 0 Å². The second-order valence-electron chi connectivity index (χ2n) is 4.95. The van der Waals surface area contributed by atoms with Gasteiger partial charge in [-0.05, 0) is 49.4 Å².